The molecule has 1 amide bonds. The van der Waals surface area contributed by atoms with Crippen molar-refractivity contribution in [3.05, 3.63) is 89.9 Å². The molecule has 2 bridgehead atoms. The van der Waals surface area contributed by atoms with E-state index in [0.29, 0.717) is 36.8 Å². The number of aryl methyl sites for hydroxylation is 1. The first kappa shape index (κ1) is 26.2. The van der Waals surface area contributed by atoms with Crippen molar-refractivity contribution in [2.24, 2.45) is 0 Å². The summed E-state index contributed by atoms with van der Waals surface area (Å²) in [6.07, 6.45) is 9.40. The first-order valence-corrected chi connectivity index (χ1v) is 15.2. The molecule has 1 N–H and O–H groups in total. The molecule has 5 heterocycles. The van der Waals surface area contributed by atoms with Crippen LogP contribution in [0.15, 0.2) is 72.9 Å². The highest BCUT2D eigenvalue weighted by Gasteiger charge is 2.44. The number of aromatic hydroxyl groups is 1. The number of pyridine rings is 1. The van der Waals surface area contributed by atoms with Crippen LogP contribution in [0.2, 0.25) is 0 Å². The molecule has 3 saturated heterocycles. The van der Waals surface area contributed by atoms with Crippen LogP contribution >= 0.6 is 0 Å². The average molecular weight is 550 g/mol. The zero-order valence-electron chi connectivity index (χ0n) is 23.8. The normalized spacial score (nSPS) is 24.1. The van der Waals surface area contributed by atoms with Crippen LogP contribution in [0.4, 0.5) is 0 Å². The second-order valence-electron chi connectivity index (χ2n) is 12.3. The highest BCUT2D eigenvalue weighted by atomic mass is 16.3. The molecule has 3 atom stereocenters. The third-order valence-corrected chi connectivity index (χ3v) is 10.3. The van der Waals surface area contributed by atoms with Crippen LogP contribution in [0.1, 0.15) is 72.7 Å². The predicted molar refractivity (Wildman–Crippen MR) is 160 cm³/mol. The number of amides is 1. The lowest BCUT2D eigenvalue weighted by atomic mass is 9.70. The van der Waals surface area contributed by atoms with E-state index < -0.39 is 0 Å². The summed E-state index contributed by atoms with van der Waals surface area (Å²) in [5.41, 5.74) is 4.10. The summed E-state index contributed by atoms with van der Waals surface area (Å²) in [6.45, 7) is 4.62. The Morgan fingerprint density at radius 2 is 1.63 bits per heavy atom. The van der Waals surface area contributed by atoms with E-state index in [-0.39, 0.29) is 17.2 Å². The van der Waals surface area contributed by atoms with E-state index in [1.54, 1.807) is 12.1 Å². The van der Waals surface area contributed by atoms with Gasteiger partial charge >= 0.3 is 0 Å². The molecule has 3 aliphatic heterocycles. The van der Waals surface area contributed by atoms with Crippen LogP contribution in [0.25, 0.3) is 11.0 Å². The highest BCUT2D eigenvalue weighted by molar-refractivity contribution is 5.96. The molecule has 0 aliphatic carbocycles. The number of nitrogens with zero attached hydrogens (tertiary/aromatic N) is 5. The van der Waals surface area contributed by atoms with E-state index in [9.17, 15) is 9.90 Å². The summed E-state index contributed by atoms with van der Waals surface area (Å²) in [5, 5.41) is 10.2. The largest absolute Gasteiger partial charge is 0.493 e. The summed E-state index contributed by atoms with van der Waals surface area (Å²) < 4.78 is 2.51. The fraction of sp³-hybridized carbons (Fsp3) is 0.441. The van der Waals surface area contributed by atoms with Crippen LogP contribution in [-0.4, -0.2) is 67.1 Å². The summed E-state index contributed by atoms with van der Waals surface area (Å²) in [5.74, 6) is 0.822. The minimum absolute atomic E-state index is 0.0441. The molecule has 7 heteroatoms. The van der Waals surface area contributed by atoms with Gasteiger partial charge in [-0.05, 0) is 93.7 Å². The molecule has 4 aromatic rings. The van der Waals surface area contributed by atoms with E-state index in [2.05, 4.69) is 76.0 Å². The zero-order valence-corrected chi connectivity index (χ0v) is 23.8. The molecule has 3 fully saturated rings. The summed E-state index contributed by atoms with van der Waals surface area (Å²) in [6, 6.07) is 24.6. The van der Waals surface area contributed by atoms with Crippen molar-refractivity contribution in [1.29, 1.82) is 0 Å². The third kappa shape index (κ3) is 4.70. The van der Waals surface area contributed by atoms with E-state index >= 15 is 0 Å². The first-order chi connectivity index (χ1) is 20.0. The van der Waals surface area contributed by atoms with Crippen LogP contribution in [0, 0.1) is 6.92 Å². The molecule has 7 rings (SSSR count). The Labute approximate surface area is 241 Å². The highest BCUT2D eigenvalue weighted by Crippen LogP contribution is 2.45. The number of para-hydroxylation sites is 2. The van der Waals surface area contributed by atoms with E-state index in [0.717, 1.165) is 37.1 Å². The van der Waals surface area contributed by atoms with E-state index in [4.69, 9.17) is 4.98 Å². The average Bonchev–Trinajstić information content (AvgIpc) is 3.47. The van der Waals surface area contributed by atoms with Crippen LogP contribution in [0.5, 0.6) is 5.88 Å². The lowest BCUT2D eigenvalue weighted by Gasteiger charge is -2.45. The lowest BCUT2D eigenvalue weighted by Crippen LogP contribution is -2.49. The molecule has 0 radical (unpaired) electrons. The van der Waals surface area contributed by atoms with Gasteiger partial charge in [0.2, 0.25) is 5.88 Å². The monoisotopic (exact) mass is 549 g/mol. The summed E-state index contributed by atoms with van der Waals surface area (Å²) >= 11 is 0. The van der Waals surface area contributed by atoms with Gasteiger partial charge in [-0.15, -0.1) is 0 Å². The zero-order chi connectivity index (χ0) is 28.0. The van der Waals surface area contributed by atoms with Gasteiger partial charge in [0.15, 0.2) is 0 Å². The Balaban J connectivity index is 1.07. The van der Waals surface area contributed by atoms with Crippen molar-refractivity contribution in [3.8, 4) is 5.88 Å². The maximum atomic E-state index is 13.2. The van der Waals surface area contributed by atoms with Crippen molar-refractivity contribution >= 4 is 16.9 Å². The summed E-state index contributed by atoms with van der Waals surface area (Å²) in [7, 11) is 0. The third-order valence-electron chi connectivity index (χ3n) is 10.3. The molecule has 3 aliphatic rings. The topological polar surface area (TPSA) is 74.5 Å². The van der Waals surface area contributed by atoms with Crippen LogP contribution in [0.3, 0.4) is 0 Å². The number of rotatable bonds is 6. The second-order valence-corrected chi connectivity index (χ2v) is 12.3. The molecule has 7 nitrogen and oxygen atoms in total. The van der Waals surface area contributed by atoms with Gasteiger partial charge < -0.3 is 14.6 Å². The standard InChI is InChI=1S/C34H39N5O2/c1-24-36-30-11-5-6-12-31(30)39(24)28-22-26-13-14-27(23-28)38(26)21-17-34(25-8-3-2-4-9-25)15-19-37(20-16-34)33(41)29-10-7-18-35-32(29)40/h2-12,18,26-28H,13-17,19-23H2,1H3,(H,35,40)/t26-,27+,28+. The Morgan fingerprint density at radius 1 is 0.927 bits per heavy atom. The molecule has 2 aromatic heterocycles. The fourth-order valence-electron chi connectivity index (χ4n) is 8.14. The van der Waals surface area contributed by atoms with Gasteiger partial charge in [0.25, 0.3) is 5.91 Å². The molecule has 0 spiro atoms. The number of imidazole rings is 1. The number of benzene rings is 2. The number of piperidine rings is 2. The number of carbonyl (C=O) groups is 1. The lowest BCUT2D eigenvalue weighted by molar-refractivity contribution is 0.0604. The Kier molecular flexibility index (Phi) is 6.78. The van der Waals surface area contributed by atoms with Crippen molar-refractivity contribution in [1.82, 2.24) is 24.3 Å². The van der Waals surface area contributed by atoms with E-state index in [1.807, 2.05) is 4.90 Å². The summed E-state index contributed by atoms with van der Waals surface area (Å²) in [4.78, 5) is 26.7. The van der Waals surface area contributed by atoms with Gasteiger partial charge in [0, 0.05) is 37.4 Å². The maximum absolute atomic E-state index is 13.2. The molecular weight excluding hydrogens is 510 g/mol. The van der Waals surface area contributed by atoms with Crippen molar-refractivity contribution in [3.63, 3.8) is 0 Å². The Morgan fingerprint density at radius 3 is 2.37 bits per heavy atom. The first-order valence-electron chi connectivity index (χ1n) is 15.2. The molecule has 2 aromatic carbocycles. The molecule has 0 saturated carbocycles. The smallest absolute Gasteiger partial charge is 0.259 e. The molecule has 212 valence electrons. The number of aromatic nitrogens is 3. The van der Waals surface area contributed by atoms with E-state index in [1.165, 1.54) is 43.0 Å². The van der Waals surface area contributed by atoms with Gasteiger partial charge in [-0.3, -0.25) is 9.69 Å². The number of fused-ring (bicyclic) bond motifs is 3. The van der Waals surface area contributed by atoms with Crippen LogP contribution in [-0.2, 0) is 5.41 Å². The number of hydrogen-bond acceptors (Lipinski definition) is 5. The Hall–Kier alpha value is -3.71. The van der Waals surface area contributed by atoms with Crippen molar-refractivity contribution in [2.75, 3.05) is 19.6 Å². The minimum Gasteiger partial charge on any atom is -0.493 e. The van der Waals surface area contributed by atoms with Gasteiger partial charge in [-0.2, -0.15) is 0 Å². The number of hydrogen-bond donors (Lipinski definition) is 1. The van der Waals surface area contributed by atoms with Crippen LogP contribution < -0.4 is 0 Å². The number of likely N-dealkylation sites (tertiary alicyclic amines) is 1. The van der Waals surface area contributed by atoms with Gasteiger partial charge in [-0.25, -0.2) is 9.97 Å². The Bertz CT molecular complexity index is 1530. The minimum atomic E-state index is -0.185. The SMILES string of the molecule is Cc1nc2ccccc2n1[C@H]1C[C@H]2CC[C@@H](C1)N2CCC1(c2ccccc2)CCN(C(=O)c2cccnc2O)CC1. The molecule has 41 heavy (non-hydrogen) atoms. The molecule has 0 unspecified atom stereocenters. The van der Waals surface area contributed by atoms with Crippen molar-refractivity contribution in [2.45, 2.75) is 75.4 Å². The predicted octanol–water partition coefficient (Wildman–Crippen LogP) is 5.88. The molecular formula is C34H39N5O2. The van der Waals surface area contributed by atoms with Gasteiger partial charge in [0.05, 0.1) is 11.0 Å². The van der Waals surface area contributed by atoms with Gasteiger partial charge in [0.1, 0.15) is 11.4 Å². The maximum Gasteiger partial charge on any atom is 0.259 e. The quantitative estimate of drug-likeness (QED) is 0.325. The van der Waals surface area contributed by atoms with Crippen molar-refractivity contribution < 1.29 is 9.90 Å². The number of carbonyl (C=O) groups excluding carboxylic acids is 1. The second kappa shape index (κ2) is 10.6. The van der Waals surface area contributed by atoms with Gasteiger partial charge in [-0.1, -0.05) is 42.5 Å². The fourth-order valence-corrected chi connectivity index (χ4v) is 8.14.